The maximum Gasteiger partial charge on any atom is 0.123 e. The van der Waals surface area contributed by atoms with Crippen molar-refractivity contribution in [2.45, 2.75) is 32.1 Å². The SMILES string of the molecule is COc1cc(C(C)C)ccc1C(C)(CN)CO. The van der Waals surface area contributed by atoms with E-state index in [1.165, 1.54) is 5.56 Å². The number of aliphatic hydroxyl groups is 1. The molecule has 1 atom stereocenters. The highest BCUT2D eigenvalue weighted by molar-refractivity contribution is 5.43. The van der Waals surface area contributed by atoms with Gasteiger partial charge in [-0.15, -0.1) is 0 Å². The number of aliphatic hydroxyl groups excluding tert-OH is 1. The predicted molar refractivity (Wildman–Crippen MR) is 70.6 cm³/mol. The van der Waals surface area contributed by atoms with Gasteiger partial charge in [-0.25, -0.2) is 0 Å². The van der Waals surface area contributed by atoms with Crippen molar-refractivity contribution in [2.75, 3.05) is 20.3 Å². The highest BCUT2D eigenvalue weighted by atomic mass is 16.5. The van der Waals surface area contributed by atoms with Gasteiger partial charge in [-0.2, -0.15) is 0 Å². The van der Waals surface area contributed by atoms with E-state index in [1.54, 1.807) is 7.11 Å². The molecule has 3 nitrogen and oxygen atoms in total. The molecule has 0 aliphatic rings. The van der Waals surface area contributed by atoms with E-state index in [4.69, 9.17) is 10.5 Å². The minimum atomic E-state index is -0.444. The molecule has 17 heavy (non-hydrogen) atoms. The van der Waals surface area contributed by atoms with Crippen LogP contribution in [0.25, 0.3) is 0 Å². The summed E-state index contributed by atoms with van der Waals surface area (Å²) >= 11 is 0. The molecule has 1 aromatic carbocycles. The van der Waals surface area contributed by atoms with Crippen LogP contribution in [-0.4, -0.2) is 25.4 Å². The number of hydrogen-bond acceptors (Lipinski definition) is 3. The molecule has 0 heterocycles. The molecule has 0 aliphatic heterocycles. The van der Waals surface area contributed by atoms with Crippen LogP contribution in [0.3, 0.4) is 0 Å². The average molecular weight is 237 g/mol. The maximum atomic E-state index is 9.50. The summed E-state index contributed by atoms with van der Waals surface area (Å²) in [5.41, 5.74) is 7.50. The fraction of sp³-hybridized carbons (Fsp3) is 0.571. The summed E-state index contributed by atoms with van der Waals surface area (Å²) in [4.78, 5) is 0. The highest BCUT2D eigenvalue weighted by Crippen LogP contribution is 2.33. The first-order valence-corrected chi connectivity index (χ1v) is 5.98. The molecule has 96 valence electrons. The van der Waals surface area contributed by atoms with Gasteiger partial charge in [-0.05, 0) is 17.5 Å². The summed E-state index contributed by atoms with van der Waals surface area (Å²) in [6, 6.07) is 6.12. The van der Waals surface area contributed by atoms with Crippen LogP contribution in [0.4, 0.5) is 0 Å². The first-order valence-electron chi connectivity index (χ1n) is 5.98. The Morgan fingerprint density at radius 3 is 2.47 bits per heavy atom. The van der Waals surface area contributed by atoms with Gasteiger partial charge in [0.2, 0.25) is 0 Å². The second-order valence-electron chi connectivity index (χ2n) is 5.04. The molecule has 0 radical (unpaired) electrons. The van der Waals surface area contributed by atoms with Crippen molar-refractivity contribution in [3.8, 4) is 5.75 Å². The molecule has 0 aromatic heterocycles. The van der Waals surface area contributed by atoms with Gasteiger partial charge in [0.1, 0.15) is 5.75 Å². The van der Waals surface area contributed by atoms with Crippen LogP contribution in [0.5, 0.6) is 5.75 Å². The lowest BCUT2D eigenvalue weighted by Gasteiger charge is -2.28. The number of benzene rings is 1. The summed E-state index contributed by atoms with van der Waals surface area (Å²) in [6.45, 7) is 6.63. The second-order valence-corrected chi connectivity index (χ2v) is 5.04. The third-order valence-electron chi connectivity index (χ3n) is 3.34. The topological polar surface area (TPSA) is 55.5 Å². The minimum absolute atomic E-state index is 0.0148. The van der Waals surface area contributed by atoms with Crippen LogP contribution in [0.1, 0.15) is 37.8 Å². The predicted octanol–water partition coefficient (Wildman–Crippen LogP) is 2.03. The molecule has 0 bridgehead atoms. The summed E-state index contributed by atoms with van der Waals surface area (Å²) < 4.78 is 5.42. The van der Waals surface area contributed by atoms with Gasteiger partial charge in [0.25, 0.3) is 0 Å². The standard InChI is InChI=1S/C14H23NO2/c1-10(2)11-5-6-12(13(7-11)17-4)14(3,8-15)9-16/h5-7,10,16H,8-9,15H2,1-4H3. The molecular weight excluding hydrogens is 214 g/mol. The van der Waals surface area contributed by atoms with E-state index in [0.717, 1.165) is 11.3 Å². The van der Waals surface area contributed by atoms with Gasteiger partial charge < -0.3 is 15.6 Å². The van der Waals surface area contributed by atoms with Crippen LogP contribution in [0, 0.1) is 0 Å². The molecule has 0 fully saturated rings. The van der Waals surface area contributed by atoms with Gasteiger partial charge in [-0.3, -0.25) is 0 Å². The van der Waals surface area contributed by atoms with E-state index in [1.807, 2.05) is 19.1 Å². The molecule has 1 unspecified atom stereocenters. The van der Waals surface area contributed by atoms with E-state index in [-0.39, 0.29) is 6.61 Å². The Hall–Kier alpha value is -1.06. The Labute approximate surface area is 104 Å². The van der Waals surface area contributed by atoms with Crippen molar-refractivity contribution in [2.24, 2.45) is 5.73 Å². The molecule has 3 heteroatoms. The lowest BCUT2D eigenvalue weighted by molar-refractivity contribution is 0.206. The maximum absolute atomic E-state index is 9.50. The molecule has 3 N–H and O–H groups in total. The Morgan fingerprint density at radius 1 is 1.41 bits per heavy atom. The number of hydrogen-bond donors (Lipinski definition) is 2. The lowest BCUT2D eigenvalue weighted by Crippen LogP contribution is -2.36. The van der Waals surface area contributed by atoms with Gasteiger partial charge in [0, 0.05) is 17.5 Å². The van der Waals surface area contributed by atoms with E-state index < -0.39 is 5.41 Å². The van der Waals surface area contributed by atoms with Gasteiger partial charge in [0.05, 0.1) is 13.7 Å². The summed E-state index contributed by atoms with van der Waals surface area (Å²) in [7, 11) is 1.65. The lowest BCUT2D eigenvalue weighted by atomic mass is 9.82. The Morgan fingerprint density at radius 2 is 2.06 bits per heavy atom. The van der Waals surface area contributed by atoms with E-state index >= 15 is 0 Å². The summed E-state index contributed by atoms with van der Waals surface area (Å²) in [6.07, 6.45) is 0. The first-order chi connectivity index (χ1) is 7.98. The first kappa shape index (κ1) is 14.0. The molecule has 0 amide bonds. The minimum Gasteiger partial charge on any atom is -0.496 e. The molecule has 0 saturated heterocycles. The zero-order valence-electron chi connectivity index (χ0n) is 11.2. The van der Waals surface area contributed by atoms with Crippen LogP contribution in [0.15, 0.2) is 18.2 Å². The van der Waals surface area contributed by atoms with Gasteiger partial charge >= 0.3 is 0 Å². The Bertz CT molecular complexity index is 370. The van der Waals surface area contributed by atoms with E-state index in [9.17, 15) is 5.11 Å². The summed E-state index contributed by atoms with van der Waals surface area (Å²) in [5, 5.41) is 9.50. The van der Waals surface area contributed by atoms with E-state index in [2.05, 4.69) is 19.9 Å². The highest BCUT2D eigenvalue weighted by Gasteiger charge is 2.27. The Balaban J connectivity index is 3.25. The zero-order chi connectivity index (χ0) is 13.1. The number of rotatable bonds is 5. The molecule has 1 aromatic rings. The molecule has 0 saturated carbocycles. The van der Waals surface area contributed by atoms with Crippen molar-refractivity contribution in [1.82, 2.24) is 0 Å². The van der Waals surface area contributed by atoms with Crippen molar-refractivity contribution in [3.05, 3.63) is 29.3 Å². The van der Waals surface area contributed by atoms with Gasteiger partial charge in [-0.1, -0.05) is 32.9 Å². The van der Waals surface area contributed by atoms with Crippen LogP contribution in [-0.2, 0) is 5.41 Å². The normalized spacial score (nSPS) is 14.8. The van der Waals surface area contributed by atoms with Crippen LogP contribution < -0.4 is 10.5 Å². The Kier molecular flexibility index (Phi) is 4.54. The summed E-state index contributed by atoms with van der Waals surface area (Å²) in [5.74, 6) is 1.26. The molecule has 1 rings (SSSR count). The van der Waals surface area contributed by atoms with Crippen molar-refractivity contribution < 1.29 is 9.84 Å². The molecule has 0 aliphatic carbocycles. The fourth-order valence-corrected chi connectivity index (χ4v) is 1.83. The van der Waals surface area contributed by atoms with Crippen molar-refractivity contribution >= 4 is 0 Å². The fourth-order valence-electron chi connectivity index (χ4n) is 1.83. The van der Waals surface area contributed by atoms with Gasteiger partial charge in [0.15, 0.2) is 0 Å². The van der Waals surface area contributed by atoms with Crippen LogP contribution >= 0.6 is 0 Å². The molecule has 0 spiro atoms. The van der Waals surface area contributed by atoms with Crippen molar-refractivity contribution in [1.29, 1.82) is 0 Å². The third-order valence-corrected chi connectivity index (χ3v) is 3.34. The number of nitrogens with two attached hydrogens (primary N) is 1. The number of methoxy groups -OCH3 is 1. The molecular formula is C14H23NO2. The third kappa shape index (κ3) is 2.79. The zero-order valence-corrected chi connectivity index (χ0v) is 11.2. The monoisotopic (exact) mass is 237 g/mol. The number of ether oxygens (including phenoxy) is 1. The van der Waals surface area contributed by atoms with Crippen molar-refractivity contribution in [3.63, 3.8) is 0 Å². The smallest absolute Gasteiger partial charge is 0.123 e. The van der Waals surface area contributed by atoms with E-state index in [0.29, 0.717) is 12.5 Å². The second kappa shape index (κ2) is 5.52. The largest absolute Gasteiger partial charge is 0.496 e. The average Bonchev–Trinajstić information content (AvgIpc) is 2.36. The van der Waals surface area contributed by atoms with Crippen LogP contribution in [0.2, 0.25) is 0 Å². The quantitative estimate of drug-likeness (QED) is 0.824.